The second kappa shape index (κ2) is 6.00. The summed E-state index contributed by atoms with van der Waals surface area (Å²) in [5, 5.41) is 7.42. The van der Waals surface area contributed by atoms with Crippen LogP contribution in [0.25, 0.3) is 0 Å². The molecule has 0 saturated carbocycles. The Hall–Kier alpha value is -2.64. The minimum absolute atomic E-state index is 0.372. The van der Waals surface area contributed by atoms with Gasteiger partial charge in [-0.15, -0.1) is 0 Å². The number of methoxy groups -OCH3 is 1. The quantitative estimate of drug-likeness (QED) is 0.830. The number of anilines is 1. The predicted molar refractivity (Wildman–Crippen MR) is 79.6 cm³/mol. The lowest BCUT2D eigenvalue weighted by atomic mass is 9.94. The van der Waals surface area contributed by atoms with Crippen LogP contribution in [-0.4, -0.2) is 39.3 Å². The summed E-state index contributed by atoms with van der Waals surface area (Å²) in [5.41, 5.74) is 6.81. The van der Waals surface area contributed by atoms with E-state index in [1.54, 1.807) is 25.6 Å². The van der Waals surface area contributed by atoms with E-state index >= 15 is 0 Å². The Morgan fingerprint density at radius 3 is 3.23 bits per heavy atom. The molecule has 116 valence electrons. The standard InChI is InChI=1S/C14H18N6O2/c1-22-12-2-4-16-14(19-12)17-7-9-3-5-20-11(6-9)10(8-18-20)13(15)21/h2,4,8-9H,3,5-7H2,1H3,(H2,15,21)(H,16,17,19)/t9-/m1/s1. The van der Waals surface area contributed by atoms with Gasteiger partial charge in [-0.2, -0.15) is 10.1 Å². The molecule has 3 N–H and O–H groups in total. The summed E-state index contributed by atoms with van der Waals surface area (Å²) in [6.45, 7) is 1.50. The fourth-order valence-electron chi connectivity index (χ4n) is 2.66. The number of ether oxygens (including phenoxy) is 1. The monoisotopic (exact) mass is 302 g/mol. The number of fused-ring (bicyclic) bond motifs is 1. The number of nitrogens with two attached hydrogens (primary N) is 1. The first-order valence-electron chi connectivity index (χ1n) is 7.12. The summed E-state index contributed by atoms with van der Waals surface area (Å²) < 4.78 is 6.93. The van der Waals surface area contributed by atoms with Crippen LogP contribution >= 0.6 is 0 Å². The summed E-state index contributed by atoms with van der Waals surface area (Å²) in [6.07, 6.45) is 4.94. The van der Waals surface area contributed by atoms with Crippen molar-refractivity contribution in [1.82, 2.24) is 19.7 Å². The zero-order valence-electron chi connectivity index (χ0n) is 12.3. The molecule has 2 aromatic heterocycles. The SMILES string of the molecule is COc1ccnc(NC[C@@H]2CCn3ncc(C(N)=O)c3C2)n1. The lowest BCUT2D eigenvalue weighted by Crippen LogP contribution is -2.27. The number of aromatic nitrogens is 4. The molecular weight excluding hydrogens is 284 g/mol. The first-order chi connectivity index (χ1) is 10.7. The molecule has 3 heterocycles. The van der Waals surface area contributed by atoms with Crippen LogP contribution in [0, 0.1) is 5.92 Å². The van der Waals surface area contributed by atoms with Crippen molar-refractivity contribution in [3.63, 3.8) is 0 Å². The van der Waals surface area contributed by atoms with Crippen LogP contribution in [0.4, 0.5) is 5.95 Å². The van der Waals surface area contributed by atoms with Gasteiger partial charge in [0.05, 0.1) is 24.6 Å². The van der Waals surface area contributed by atoms with Gasteiger partial charge in [0.25, 0.3) is 5.91 Å². The first-order valence-corrected chi connectivity index (χ1v) is 7.12. The van der Waals surface area contributed by atoms with Crippen molar-refractivity contribution in [2.45, 2.75) is 19.4 Å². The molecular formula is C14H18N6O2. The number of aryl methyl sites for hydroxylation is 1. The van der Waals surface area contributed by atoms with Crippen molar-refractivity contribution in [3.05, 3.63) is 29.7 Å². The second-order valence-corrected chi connectivity index (χ2v) is 5.25. The number of primary amides is 1. The molecule has 1 atom stereocenters. The average molecular weight is 302 g/mol. The maximum absolute atomic E-state index is 11.4. The molecule has 1 amide bonds. The number of carbonyl (C=O) groups is 1. The van der Waals surface area contributed by atoms with E-state index in [1.165, 1.54) is 0 Å². The molecule has 0 spiro atoms. The van der Waals surface area contributed by atoms with Gasteiger partial charge in [-0.3, -0.25) is 9.48 Å². The molecule has 0 saturated heterocycles. The fourth-order valence-corrected chi connectivity index (χ4v) is 2.66. The predicted octanol–water partition coefficient (Wildman–Crippen LogP) is 0.455. The maximum atomic E-state index is 11.4. The Bertz CT molecular complexity index is 684. The van der Waals surface area contributed by atoms with Gasteiger partial charge in [-0.1, -0.05) is 0 Å². The summed E-state index contributed by atoms with van der Waals surface area (Å²) in [5.74, 6) is 1.01. The molecule has 22 heavy (non-hydrogen) atoms. The third kappa shape index (κ3) is 2.85. The molecule has 3 rings (SSSR count). The van der Waals surface area contributed by atoms with Gasteiger partial charge in [0.2, 0.25) is 11.8 Å². The summed E-state index contributed by atoms with van der Waals surface area (Å²) >= 11 is 0. The first kappa shape index (κ1) is 14.3. The molecule has 2 aromatic rings. The van der Waals surface area contributed by atoms with Crippen molar-refractivity contribution in [1.29, 1.82) is 0 Å². The summed E-state index contributed by atoms with van der Waals surface area (Å²) in [6, 6.07) is 1.70. The van der Waals surface area contributed by atoms with E-state index in [4.69, 9.17) is 10.5 Å². The van der Waals surface area contributed by atoms with Gasteiger partial charge in [0.15, 0.2) is 0 Å². The number of rotatable bonds is 5. The summed E-state index contributed by atoms with van der Waals surface area (Å²) in [7, 11) is 1.57. The Balaban J connectivity index is 1.65. The highest BCUT2D eigenvalue weighted by Gasteiger charge is 2.24. The fraction of sp³-hybridized carbons (Fsp3) is 0.429. The highest BCUT2D eigenvalue weighted by molar-refractivity contribution is 5.93. The Kier molecular flexibility index (Phi) is 3.90. The lowest BCUT2D eigenvalue weighted by Gasteiger charge is -2.24. The van der Waals surface area contributed by atoms with Crippen molar-refractivity contribution in [3.8, 4) is 5.88 Å². The minimum Gasteiger partial charge on any atom is -0.481 e. The van der Waals surface area contributed by atoms with Crippen molar-refractivity contribution in [2.75, 3.05) is 19.0 Å². The topological polar surface area (TPSA) is 108 Å². The van der Waals surface area contributed by atoms with Crippen molar-refractivity contribution >= 4 is 11.9 Å². The highest BCUT2D eigenvalue weighted by atomic mass is 16.5. The van der Waals surface area contributed by atoms with Gasteiger partial charge >= 0.3 is 0 Å². The third-order valence-electron chi connectivity index (χ3n) is 3.83. The van der Waals surface area contributed by atoms with Crippen LogP contribution < -0.4 is 15.8 Å². The molecule has 1 aliphatic rings. The molecule has 1 aliphatic heterocycles. The van der Waals surface area contributed by atoms with Crippen LogP contribution in [-0.2, 0) is 13.0 Å². The summed E-state index contributed by atoms with van der Waals surface area (Å²) in [4.78, 5) is 19.8. The Morgan fingerprint density at radius 1 is 1.59 bits per heavy atom. The molecule has 0 aromatic carbocycles. The Morgan fingerprint density at radius 2 is 2.45 bits per heavy atom. The van der Waals surface area contributed by atoms with Crippen LogP contribution in [0.2, 0.25) is 0 Å². The number of carbonyl (C=O) groups excluding carboxylic acids is 1. The van der Waals surface area contributed by atoms with Crippen LogP contribution in [0.3, 0.4) is 0 Å². The lowest BCUT2D eigenvalue weighted by molar-refractivity contribution is 0.0998. The van der Waals surface area contributed by atoms with Crippen molar-refractivity contribution < 1.29 is 9.53 Å². The normalized spacial score (nSPS) is 16.9. The molecule has 0 unspecified atom stereocenters. The van der Waals surface area contributed by atoms with E-state index < -0.39 is 5.91 Å². The van der Waals surface area contributed by atoms with E-state index in [1.807, 2.05) is 4.68 Å². The smallest absolute Gasteiger partial charge is 0.252 e. The Labute approximate surface area is 127 Å². The molecule has 0 fully saturated rings. The molecule has 0 radical (unpaired) electrons. The van der Waals surface area contributed by atoms with Gasteiger partial charge in [-0.25, -0.2) is 4.98 Å². The number of amides is 1. The second-order valence-electron chi connectivity index (χ2n) is 5.25. The number of hydrogen-bond acceptors (Lipinski definition) is 6. The molecule has 8 nitrogen and oxygen atoms in total. The van der Waals surface area contributed by atoms with Crippen LogP contribution in [0.5, 0.6) is 5.88 Å². The molecule has 0 bridgehead atoms. The maximum Gasteiger partial charge on any atom is 0.252 e. The number of hydrogen-bond donors (Lipinski definition) is 2. The van der Waals surface area contributed by atoms with Gasteiger partial charge in [0, 0.05) is 25.4 Å². The van der Waals surface area contributed by atoms with E-state index in [9.17, 15) is 4.79 Å². The number of nitrogens with zero attached hydrogens (tertiary/aromatic N) is 4. The van der Waals surface area contributed by atoms with E-state index in [0.29, 0.717) is 23.3 Å². The van der Waals surface area contributed by atoms with Gasteiger partial charge in [-0.05, 0) is 18.8 Å². The largest absolute Gasteiger partial charge is 0.481 e. The average Bonchev–Trinajstić information content (AvgIpc) is 2.96. The molecule has 0 aliphatic carbocycles. The third-order valence-corrected chi connectivity index (χ3v) is 3.83. The zero-order valence-corrected chi connectivity index (χ0v) is 12.3. The minimum atomic E-state index is -0.425. The number of nitrogens with one attached hydrogen (secondary N) is 1. The molecule has 8 heteroatoms. The van der Waals surface area contributed by atoms with Gasteiger partial charge < -0.3 is 15.8 Å². The van der Waals surface area contributed by atoms with Crippen molar-refractivity contribution in [2.24, 2.45) is 11.7 Å². The van der Waals surface area contributed by atoms with Gasteiger partial charge in [0.1, 0.15) is 0 Å². The zero-order chi connectivity index (χ0) is 15.5. The van der Waals surface area contributed by atoms with Crippen LogP contribution in [0.1, 0.15) is 22.5 Å². The highest BCUT2D eigenvalue weighted by Crippen LogP contribution is 2.23. The van der Waals surface area contributed by atoms with E-state index in [0.717, 1.165) is 31.6 Å². The van der Waals surface area contributed by atoms with E-state index in [2.05, 4.69) is 20.4 Å². The van der Waals surface area contributed by atoms with Crippen LogP contribution in [0.15, 0.2) is 18.5 Å². The van der Waals surface area contributed by atoms with E-state index in [-0.39, 0.29) is 0 Å².